The first-order chi connectivity index (χ1) is 18.6. The quantitative estimate of drug-likeness (QED) is 0.401. The van der Waals surface area contributed by atoms with E-state index in [4.69, 9.17) is 32.7 Å². The van der Waals surface area contributed by atoms with Gasteiger partial charge in [0.2, 0.25) is 11.8 Å². The van der Waals surface area contributed by atoms with Gasteiger partial charge in [0.25, 0.3) is 10.0 Å². The third-order valence-electron chi connectivity index (χ3n) is 6.23. The smallest absolute Gasteiger partial charge is 0.264 e. The molecule has 12 heteroatoms. The predicted molar refractivity (Wildman–Crippen MR) is 149 cm³/mol. The number of hydrogen-bond acceptors (Lipinski definition) is 6. The van der Waals surface area contributed by atoms with Gasteiger partial charge in [-0.15, -0.1) is 0 Å². The first-order valence-electron chi connectivity index (χ1n) is 12.0. The Kier molecular flexibility index (Phi) is 8.89. The summed E-state index contributed by atoms with van der Waals surface area (Å²) in [5.74, 6) is -0.255. The summed E-state index contributed by atoms with van der Waals surface area (Å²) in [7, 11) is -2.76. The van der Waals surface area contributed by atoms with E-state index in [9.17, 15) is 18.0 Å². The second-order valence-electron chi connectivity index (χ2n) is 8.66. The standard InChI is InChI=1S/C27H27Cl2N3O6S/c1-18(27(34)30-2)31(16-21-22(28)9-6-10-23(21)29)26(33)17-32(39(35,36)20-7-4-3-5-8-20)19-11-12-24-25(15-19)38-14-13-37-24/h3-12,15,18H,13-14,16-17H2,1-2H3,(H,30,34)/t18-/m0/s1. The number of hydrogen-bond donors (Lipinski definition) is 1. The number of nitrogens with zero attached hydrogens (tertiary/aromatic N) is 2. The van der Waals surface area contributed by atoms with E-state index in [1.54, 1.807) is 55.5 Å². The molecule has 206 valence electrons. The molecule has 0 aromatic heterocycles. The maximum absolute atomic E-state index is 13.9. The van der Waals surface area contributed by atoms with E-state index in [0.29, 0.717) is 40.3 Å². The summed E-state index contributed by atoms with van der Waals surface area (Å²) in [6, 6.07) is 16.4. The molecule has 1 aliphatic heterocycles. The van der Waals surface area contributed by atoms with E-state index in [1.165, 1.54) is 30.1 Å². The highest BCUT2D eigenvalue weighted by Gasteiger charge is 2.33. The molecule has 4 rings (SSSR count). The van der Waals surface area contributed by atoms with Gasteiger partial charge in [0, 0.05) is 35.3 Å². The maximum Gasteiger partial charge on any atom is 0.264 e. The van der Waals surface area contributed by atoms with Crippen molar-refractivity contribution in [2.45, 2.75) is 24.4 Å². The van der Waals surface area contributed by atoms with E-state index in [1.807, 2.05) is 0 Å². The van der Waals surface area contributed by atoms with Crippen molar-refractivity contribution in [1.29, 1.82) is 0 Å². The molecule has 2 amide bonds. The lowest BCUT2D eigenvalue weighted by Crippen LogP contribution is -2.50. The van der Waals surface area contributed by atoms with Crippen molar-refractivity contribution < 1.29 is 27.5 Å². The lowest BCUT2D eigenvalue weighted by atomic mass is 10.1. The van der Waals surface area contributed by atoms with Crippen LogP contribution in [-0.4, -0.2) is 58.0 Å². The molecule has 9 nitrogen and oxygen atoms in total. The van der Waals surface area contributed by atoms with Crippen LogP contribution in [0, 0.1) is 0 Å². The van der Waals surface area contributed by atoms with Gasteiger partial charge in [0.1, 0.15) is 25.8 Å². The van der Waals surface area contributed by atoms with Gasteiger partial charge in [0.15, 0.2) is 11.5 Å². The summed E-state index contributed by atoms with van der Waals surface area (Å²) in [5, 5.41) is 3.15. The van der Waals surface area contributed by atoms with E-state index < -0.39 is 34.4 Å². The zero-order valence-corrected chi connectivity index (χ0v) is 23.6. The minimum atomic E-state index is -4.21. The van der Waals surface area contributed by atoms with Gasteiger partial charge in [-0.3, -0.25) is 13.9 Å². The van der Waals surface area contributed by atoms with Crippen LogP contribution in [0.1, 0.15) is 12.5 Å². The third kappa shape index (κ3) is 6.24. The summed E-state index contributed by atoms with van der Waals surface area (Å²) in [6.45, 7) is 1.48. The van der Waals surface area contributed by atoms with Gasteiger partial charge in [-0.1, -0.05) is 47.5 Å². The van der Waals surface area contributed by atoms with Crippen molar-refractivity contribution >= 4 is 50.7 Å². The number of sulfonamides is 1. The number of benzene rings is 3. The highest BCUT2D eigenvalue weighted by molar-refractivity contribution is 7.92. The van der Waals surface area contributed by atoms with Crippen LogP contribution in [0.4, 0.5) is 5.69 Å². The number of ether oxygens (including phenoxy) is 2. The van der Waals surface area contributed by atoms with Gasteiger partial charge in [0.05, 0.1) is 10.6 Å². The van der Waals surface area contributed by atoms with E-state index >= 15 is 0 Å². The number of nitrogens with one attached hydrogen (secondary N) is 1. The Bertz CT molecular complexity index is 1450. The number of anilines is 1. The number of likely N-dealkylation sites (N-methyl/N-ethyl adjacent to an activating group) is 1. The molecule has 3 aromatic carbocycles. The molecule has 1 aliphatic rings. The number of rotatable bonds is 9. The van der Waals surface area contributed by atoms with Gasteiger partial charge in [-0.2, -0.15) is 0 Å². The third-order valence-corrected chi connectivity index (χ3v) is 8.72. The van der Waals surface area contributed by atoms with E-state index in [-0.39, 0.29) is 17.1 Å². The van der Waals surface area contributed by atoms with Crippen molar-refractivity contribution in [3.8, 4) is 11.5 Å². The van der Waals surface area contributed by atoms with Crippen LogP contribution < -0.4 is 19.1 Å². The molecule has 0 bridgehead atoms. The average Bonchev–Trinajstić information content (AvgIpc) is 2.95. The Morgan fingerprint density at radius 1 is 0.949 bits per heavy atom. The lowest BCUT2D eigenvalue weighted by Gasteiger charge is -2.32. The highest BCUT2D eigenvalue weighted by Crippen LogP contribution is 2.36. The highest BCUT2D eigenvalue weighted by atomic mass is 35.5. The molecule has 0 spiro atoms. The summed E-state index contributed by atoms with van der Waals surface area (Å²) >= 11 is 12.7. The number of halogens is 2. The zero-order chi connectivity index (χ0) is 28.2. The Morgan fingerprint density at radius 2 is 1.59 bits per heavy atom. The van der Waals surface area contributed by atoms with Gasteiger partial charge >= 0.3 is 0 Å². The molecule has 0 unspecified atom stereocenters. The molecular formula is C27H27Cl2N3O6S. The number of amides is 2. The molecule has 0 saturated heterocycles. The largest absolute Gasteiger partial charge is 0.486 e. The molecule has 1 heterocycles. The summed E-state index contributed by atoms with van der Waals surface area (Å²) < 4.78 is 39.9. The van der Waals surface area contributed by atoms with Gasteiger partial charge in [-0.25, -0.2) is 8.42 Å². The molecular weight excluding hydrogens is 565 g/mol. The van der Waals surface area contributed by atoms with Gasteiger partial charge < -0.3 is 19.7 Å². The zero-order valence-electron chi connectivity index (χ0n) is 21.3. The summed E-state index contributed by atoms with van der Waals surface area (Å²) in [6.07, 6.45) is 0. The molecule has 39 heavy (non-hydrogen) atoms. The van der Waals surface area contributed by atoms with Crippen LogP contribution in [0.2, 0.25) is 10.0 Å². The fourth-order valence-corrected chi connectivity index (χ4v) is 6.02. The number of fused-ring (bicyclic) bond motifs is 1. The maximum atomic E-state index is 13.9. The number of carbonyl (C=O) groups excluding carboxylic acids is 2. The van der Waals surface area contributed by atoms with Crippen molar-refractivity contribution in [1.82, 2.24) is 10.2 Å². The topological polar surface area (TPSA) is 105 Å². The van der Waals surface area contributed by atoms with Crippen LogP contribution in [0.3, 0.4) is 0 Å². The second-order valence-corrected chi connectivity index (χ2v) is 11.3. The first kappa shape index (κ1) is 28.5. The molecule has 0 aliphatic carbocycles. The predicted octanol–water partition coefficient (Wildman–Crippen LogP) is 4.12. The Hall–Kier alpha value is -3.47. The molecule has 0 saturated carbocycles. The van der Waals surface area contributed by atoms with Crippen molar-refractivity contribution in [2.75, 3.05) is 31.1 Å². The van der Waals surface area contributed by atoms with Crippen LogP contribution in [0.5, 0.6) is 11.5 Å². The molecule has 0 radical (unpaired) electrons. The monoisotopic (exact) mass is 591 g/mol. The van der Waals surface area contributed by atoms with Crippen LogP contribution in [0.25, 0.3) is 0 Å². The van der Waals surface area contributed by atoms with Gasteiger partial charge in [-0.05, 0) is 43.3 Å². The average molecular weight is 593 g/mol. The molecule has 3 aromatic rings. The molecule has 0 fully saturated rings. The molecule has 1 atom stereocenters. The van der Waals surface area contributed by atoms with Crippen molar-refractivity contribution in [3.05, 3.63) is 82.3 Å². The SMILES string of the molecule is CNC(=O)[C@H](C)N(Cc1c(Cl)cccc1Cl)C(=O)CN(c1ccc2c(c1)OCCO2)S(=O)(=O)c1ccccc1. The van der Waals surface area contributed by atoms with Crippen molar-refractivity contribution in [2.24, 2.45) is 0 Å². The summed E-state index contributed by atoms with van der Waals surface area (Å²) in [4.78, 5) is 27.7. The molecule has 1 N–H and O–H groups in total. The first-order valence-corrected chi connectivity index (χ1v) is 14.2. The fraction of sp³-hybridized carbons (Fsp3) is 0.259. The Balaban J connectivity index is 1.76. The lowest BCUT2D eigenvalue weighted by molar-refractivity contribution is -0.139. The minimum absolute atomic E-state index is 0.00672. The van der Waals surface area contributed by atoms with Crippen LogP contribution >= 0.6 is 23.2 Å². The Morgan fingerprint density at radius 3 is 2.23 bits per heavy atom. The Labute approximate surface area is 237 Å². The number of carbonyl (C=O) groups is 2. The fourth-order valence-electron chi connectivity index (χ4n) is 4.08. The summed E-state index contributed by atoms with van der Waals surface area (Å²) in [5.41, 5.74) is 0.626. The van der Waals surface area contributed by atoms with Crippen LogP contribution in [0.15, 0.2) is 71.6 Å². The van der Waals surface area contributed by atoms with E-state index in [0.717, 1.165) is 4.31 Å². The van der Waals surface area contributed by atoms with E-state index in [2.05, 4.69) is 5.32 Å². The normalized spacial score (nSPS) is 13.3. The minimum Gasteiger partial charge on any atom is -0.486 e. The van der Waals surface area contributed by atoms with Crippen LogP contribution in [-0.2, 0) is 26.2 Å². The second kappa shape index (κ2) is 12.1. The van der Waals surface area contributed by atoms with Crippen molar-refractivity contribution in [3.63, 3.8) is 0 Å².